The van der Waals surface area contributed by atoms with E-state index >= 15 is 0 Å². The molecule has 11 heavy (non-hydrogen) atoms. The highest BCUT2D eigenvalue weighted by molar-refractivity contribution is 5.76. The zero-order valence-electron chi connectivity index (χ0n) is 7.02. The summed E-state index contributed by atoms with van der Waals surface area (Å²) in [6.45, 7) is 5.91. The maximum absolute atomic E-state index is 10.9. The van der Waals surface area contributed by atoms with Gasteiger partial charge in [0.2, 0.25) is 5.91 Å². The maximum atomic E-state index is 10.9. The number of nitrogens with one attached hydrogen (secondary N) is 1. The van der Waals surface area contributed by atoms with E-state index in [1.54, 1.807) is 0 Å². The summed E-state index contributed by atoms with van der Waals surface area (Å²) < 4.78 is 0. The minimum Gasteiger partial charge on any atom is -0.401 e. The standard InChI is InChI=1S/C8H16N2O/c1-3-4-5-8(11)10-6-7(2)9/h2-6,9H2,1H3,(H,10,11). The molecule has 0 spiro atoms. The number of carbonyl (C=O) groups excluding carboxylic acids is 1. The van der Waals surface area contributed by atoms with Crippen LogP contribution in [-0.4, -0.2) is 12.5 Å². The van der Waals surface area contributed by atoms with Crippen molar-refractivity contribution in [3.63, 3.8) is 0 Å². The van der Waals surface area contributed by atoms with Gasteiger partial charge in [0.05, 0.1) is 6.54 Å². The third-order valence-electron chi connectivity index (χ3n) is 1.27. The molecule has 0 unspecified atom stereocenters. The first-order valence-corrected chi connectivity index (χ1v) is 3.86. The lowest BCUT2D eigenvalue weighted by Crippen LogP contribution is -2.27. The first-order valence-electron chi connectivity index (χ1n) is 3.86. The Kier molecular flexibility index (Phi) is 5.25. The van der Waals surface area contributed by atoms with Crippen molar-refractivity contribution in [1.29, 1.82) is 0 Å². The molecule has 0 radical (unpaired) electrons. The highest BCUT2D eigenvalue weighted by Crippen LogP contribution is 1.92. The lowest BCUT2D eigenvalue weighted by atomic mass is 10.2. The third-order valence-corrected chi connectivity index (χ3v) is 1.27. The molecule has 1 amide bonds. The highest BCUT2D eigenvalue weighted by Gasteiger charge is 1.97. The lowest BCUT2D eigenvalue weighted by Gasteiger charge is -2.02. The Morgan fingerprint density at radius 1 is 1.64 bits per heavy atom. The second kappa shape index (κ2) is 5.77. The predicted octanol–water partition coefficient (Wildman–Crippen LogP) is 0.765. The van der Waals surface area contributed by atoms with Crippen molar-refractivity contribution < 1.29 is 4.79 Å². The summed E-state index contributed by atoms with van der Waals surface area (Å²) in [5, 5.41) is 2.65. The van der Waals surface area contributed by atoms with Crippen molar-refractivity contribution in [2.24, 2.45) is 5.73 Å². The molecule has 64 valence electrons. The average Bonchev–Trinajstić information content (AvgIpc) is 1.97. The molecule has 3 nitrogen and oxygen atoms in total. The summed E-state index contributed by atoms with van der Waals surface area (Å²) in [6, 6.07) is 0. The number of hydrogen-bond donors (Lipinski definition) is 2. The Bertz CT molecular complexity index is 143. The summed E-state index contributed by atoms with van der Waals surface area (Å²) in [7, 11) is 0. The Balaban J connectivity index is 3.30. The first-order chi connectivity index (χ1) is 5.16. The topological polar surface area (TPSA) is 55.1 Å². The SMILES string of the molecule is C=C(N)CNC(=O)CCCC. The average molecular weight is 156 g/mol. The van der Waals surface area contributed by atoms with Gasteiger partial charge in [-0.15, -0.1) is 0 Å². The largest absolute Gasteiger partial charge is 0.401 e. The highest BCUT2D eigenvalue weighted by atomic mass is 16.1. The van der Waals surface area contributed by atoms with E-state index in [9.17, 15) is 4.79 Å². The van der Waals surface area contributed by atoms with Gasteiger partial charge < -0.3 is 11.1 Å². The van der Waals surface area contributed by atoms with Gasteiger partial charge in [0.15, 0.2) is 0 Å². The molecule has 0 aromatic carbocycles. The molecule has 0 saturated heterocycles. The number of nitrogens with two attached hydrogens (primary N) is 1. The second-order valence-electron chi connectivity index (χ2n) is 2.54. The number of rotatable bonds is 5. The van der Waals surface area contributed by atoms with E-state index in [1.165, 1.54) is 0 Å². The zero-order valence-corrected chi connectivity index (χ0v) is 7.02. The third kappa shape index (κ3) is 6.90. The molecule has 0 heterocycles. The zero-order chi connectivity index (χ0) is 8.69. The van der Waals surface area contributed by atoms with E-state index in [-0.39, 0.29) is 5.91 Å². The van der Waals surface area contributed by atoms with Gasteiger partial charge in [-0.05, 0) is 6.42 Å². The molecule has 0 aromatic rings. The van der Waals surface area contributed by atoms with Crippen LogP contribution < -0.4 is 11.1 Å². The van der Waals surface area contributed by atoms with E-state index in [0.29, 0.717) is 18.7 Å². The molecule has 3 heteroatoms. The number of carbonyl (C=O) groups is 1. The lowest BCUT2D eigenvalue weighted by molar-refractivity contribution is -0.121. The minimum atomic E-state index is 0.0541. The molecule has 0 atom stereocenters. The van der Waals surface area contributed by atoms with Gasteiger partial charge in [-0.2, -0.15) is 0 Å². The van der Waals surface area contributed by atoms with Crippen LogP contribution in [0.2, 0.25) is 0 Å². The Morgan fingerprint density at radius 3 is 2.73 bits per heavy atom. The molecule has 0 saturated carbocycles. The summed E-state index contributed by atoms with van der Waals surface area (Å²) in [5.41, 5.74) is 5.76. The molecule has 0 aliphatic carbocycles. The minimum absolute atomic E-state index is 0.0541. The van der Waals surface area contributed by atoms with E-state index in [2.05, 4.69) is 18.8 Å². The van der Waals surface area contributed by atoms with Crippen LogP contribution in [0.1, 0.15) is 26.2 Å². The van der Waals surface area contributed by atoms with E-state index in [0.717, 1.165) is 12.8 Å². The van der Waals surface area contributed by atoms with E-state index in [1.807, 2.05) is 0 Å². The Morgan fingerprint density at radius 2 is 2.27 bits per heavy atom. The van der Waals surface area contributed by atoms with Gasteiger partial charge in [0.1, 0.15) is 0 Å². The van der Waals surface area contributed by atoms with Gasteiger partial charge in [-0.25, -0.2) is 0 Å². The van der Waals surface area contributed by atoms with Crippen molar-refractivity contribution >= 4 is 5.91 Å². The van der Waals surface area contributed by atoms with Crippen LogP contribution in [0, 0.1) is 0 Å². The molecule has 3 N–H and O–H groups in total. The number of hydrogen-bond acceptors (Lipinski definition) is 2. The predicted molar refractivity (Wildman–Crippen MR) is 45.9 cm³/mol. The van der Waals surface area contributed by atoms with Crippen molar-refractivity contribution in [3.05, 3.63) is 12.3 Å². The summed E-state index contributed by atoms with van der Waals surface area (Å²) in [5.74, 6) is 0.0541. The molecule has 0 aliphatic heterocycles. The van der Waals surface area contributed by atoms with Gasteiger partial charge in [-0.1, -0.05) is 19.9 Å². The van der Waals surface area contributed by atoms with Gasteiger partial charge >= 0.3 is 0 Å². The first kappa shape index (κ1) is 10.0. The van der Waals surface area contributed by atoms with Crippen molar-refractivity contribution in [2.45, 2.75) is 26.2 Å². The van der Waals surface area contributed by atoms with Crippen LogP contribution in [0.25, 0.3) is 0 Å². The summed E-state index contributed by atoms with van der Waals surface area (Å²) in [6.07, 6.45) is 2.56. The fraction of sp³-hybridized carbons (Fsp3) is 0.625. The van der Waals surface area contributed by atoms with Crippen molar-refractivity contribution in [3.8, 4) is 0 Å². The van der Waals surface area contributed by atoms with Crippen molar-refractivity contribution in [2.75, 3.05) is 6.54 Å². The second-order valence-corrected chi connectivity index (χ2v) is 2.54. The number of unbranched alkanes of at least 4 members (excludes halogenated alkanes) is 1. The maximum Gasteiger partial charge on any atom is 0.220 e. The molecule has 0 aliphatic rings. The van der Waals surface area contributed by atoms with Gasteiger partial charge in [0.25, 0.3) is 0 Å². The van der Waals surface area contributed by atoms with Crippen LogP contribution >= 0.6 is 0 Å². The Labute approximate surface area is 67.7 Å². The van der Waals surface area contributed by atoms with Crippen LogP contribution in [-0.2, 0) is 4.79 Å². The fourth-order valence-electron chi connectivity index (χ4n) is 0.638. The molecule has 0 bridgehead atoms. The quantitative estimate of drug-likeness (QED) is 0.617. The fourth-order valence-corrected chi connectivity index (χ4v) is 0.638. The van der Waals surface area contributed by atoms with Crippen molar-refractivity contribution in [1.82, 2.24) is 5.32 Å². The summed E-state index contributed by atoms with van der Waals surface area (Å²) >= 11 is 0. The summed E-state index contributed by atoms with van der Waals surface area (Å²) in [4.78, 5) is 10.9. The van der Waals surface area contributed by atoms with E-state index in [4.69, 9.17) is 5.73 Å². The monoisotopic (exact) mass is 156 g/mol. The smallest absolute Gasteiger partial charge is 0.220 e. The van der Waals surface area contributed by atoms with Crippen LogP contribution in [0.4, 0.5) is 0 Å². The molecular weight excluding hydrogens is 140 g/mol. The van der Waals surface area contributed by atoms with Gasteiger partial charge in [0, 0.05) is 12.1 Å². The van der Waals surface area contributed by atoms with Crippen LogP contribution in [0.3, 0.4) is 0 Å². The molecule has 0 rings (SSSR count). The van der Waals surface area contributed by atoms with Crippen LogP contribution in [0.5, 0.6) is 0 Å². The van der Waals surface area contributed by atoms with Crippen LogP contribution in [0.15, 0.2) is 12.3 Å². The molecule has 0 fully saturated rings. The normalized spacial score (nSPS) is 9.18. The van der Waals surface area contributed by atoms with E-state index < -0.39 is 0 Å². The molecule has 0 aromatic heterocycles. The van der Waals surface area contributed by atoms with Gasteiger partial charge in [-0.3, -0.25) is 4.79 Å². The molecular formula is C8H16N2O. The Hall–Kier alpha value is -0.990. The number of amides is 1.